The Hall–Kier alpha value is -3.21. The minimum absolute atomic E-state index is 0.114. The summed E-state index contributed by atoms with van der Waals surface area (Å²) in [6.07, 6.45) is 1.08. The van der Waals surface area contributed by atoms with E-state index < -0.39 is 12.4 Å². The molecule has 2 aliphatic rings. The number of ether oxygens (including phenoxy) is 2. The maximum absolute atomic E-state index is 13.4. The van der Waals surface area contributed by atoms with Gasteiger partial charge in [-0.25, -0.2) is 13.6 Å². The molecule has 210 valence electrons. The summed E-state index contributed by atoms with van der Waals surface area (Å²) in [5, 5.41) is 14.4. The van der Waals surface area contributed by atoms with E-state index in [4.69, 9.17) is 9.47 Å². The molecule has 0 saturated carbocycles. The van der Waals surface area contributed by atoms with E-state index in [0.29, 0.717) is 45.1 Å². The molecule has 0 spiro atoms. The predicted octanol–water partition coefficient (Wildman–Crippen LogP) is 4.90. The number of benzene rings is 2. The molecule has 0 aliphatic carbocycles. The topological polar surface area (TPSA) is 90.1 Å². The van der Waals surface area contributed by atoms with Gasteiger partial charge in [0.25, 0.3) is 6.43 Å². The van der Waals surface area contributed by atoms with Crippen molar-refractivity contribution < 1.29 is 28.2 Å². The number of piperazine rings is 1. The van der Waals surface area contributed by atoms with Gasteiger partial charge in [0.2, 0.25) is 0 Å². The van der Waals surface area contributed by atoms with Crippen molar-refractivity contribution >= 4 is 22.6 Å². The van der Waals surface area contributed by atoms with Crippen molar-refractivity contribution in [2.75, 3.05) is 51.8 Å². The number of aromatic amines is 1. The second-order valence-corrected chi connectivity index (χ2v) is 10.4. The zero-order valence-electron chi connectivity index (χ0n) is 22.4. The Kier molecular flexibility index (Phi) is 8.34. The third-order valence-electron chi connectivity index (χ3n) is 7.90. The van der Waals surface area contributed by atoms with Gasteiger partial charge in [0.1, 0.15) is 5.75 Å². The highest BCUT2D eigenvalue weighted by atomic mass is 19.3. The summed E-state index contributed by atoms with van der Waals surface area (Å²) in [7, 11) is 1.66. The Morgan fingerprint density at radius 3 is 2.74 bits per heavy atom. The zero-order valence-corrected chi connectivity index (χ0v) is 22.4. The van der Waals surface area contributed by atoms with Crippen molar-refractivity contribution in [2.24, 2.45) is 0 Å². The van der Waals surface area contributed by atoms with Crippen LogP contribution in [0.3, 0.4) is 0 Å². The quantitative estimate of drug-likeness (QED) is 0.355. The van der Waals surface area contributed by atoms with Gasteiger partial charge in [-0.3, -0.25) is 9.80 Å². The van der Waals surface area contributed by atoms with Crippen LogP contribution < -0.4 is 10.1 Å². The summed E-state index contributed by atoms with van der Waals surface area (Å²) in [6, 6.07) is 9.30. The first-order chi connectivity index (χ1) is 18.8. The molecule has 2 saturated heterocycles. The normalized spacial score (nSPS) is 19.6. The predicted molar refractivity (Wildman–Crippen MR) is 146 cm³/mol. The number of nitrogens with one attached hydrogen (secondary N) is 2. The van der Waals surface area contributed by atoms with Gasteiger partial charge in [-0.1, -0.05) is 6.07 Å². The Bertz CT molecular complexity index is 1310. The fraction of sp³-hybridized carbons (Fsp3) is 0.483. The molecule has 2 fully saturated rings. The molecular weight excluding hydrogens is 506 g/mol. The maximum Gasteiger partial charge on any atom is 0.337 e. The summed E-state index contributed by atoms with van der Waals surface area (Å²) >= 11 is 0. The molecule has 39 heavy (non-hydrogen) atoms. The number of halogens is 2. The molecule has 0 radical (unpaired) electrons. The van der Waals surface area contributed by atoms with Gasteiger partial charge in [0.05, 0.1) is 19.2 Å². The number of hydrogen-bond acceptors (Lipinski definition) is 6. The number of hydrogen-bond donors (Lipinski definition) is 3. The highest BCUT2D eigenvalue weighted by Crippen LogP contribution is 2.36. The molecule has 3 heterocycles. The van der Waals surface area contributed by atoms with E-state index in [9.17, 15) is 18.7 Å². The average Bonchev–Trinajstić information content (AvgIpc) is 3.42. The van der Waals surface area contributed by atoms with Crippen molar-refractivity contribution in [1.82, 2.24) is 14.8 Å². The molecule has 2 aliphatic heterocycles. The molecule has 10 heteroatoms. The summed E-state index contributed by atoms with van der Waals surface area (Å²) in [4.78, 5) is 19.4. The lowest BCUT2D eigenvalue weighted by molar-refractivity contribution is 0.0246. The van der Waals surface area contributed by atoms with Crippen LogP contribution in [0, 0.1) is 6.92 Å². The number of fused-ring (bicyclic) bond motifs is 1. The number of carbonyl (C=O) groups is 1. The highest BCUT2D eigenvalue weighted by Gasteiger charge is 2.32. The maximum atomic E-state index is 13.4. The molecule has 2 aromatic carbocycles. The van der Waals surface area contributed by atoms with E-state index in [1.54, 1.807) is 18.1 Å². The Labute approximate surface area is 226 Å². The van der Waals surface area contributed by atoms with Crippen LogP contribution in [0.2, 0.25) is 0 Å². The van der Waals surface area contributed by atoms with E-state index in [1.165, 1.54) is 0 Å². The Morgan fingerprint density at radius 1 is 1.23 bits per heavy atom. The van der Waals surface area contributed by atoms with Crippen LogP contribution in [0.25, 0.3) is 10.9 Å². The van der Waals surface area contributed by atoms with E-state index >= 15 is 0 Å². The fourth-order valence-electron chi connectivity index (χ4n) is 5.86. The number of rotatable bonds is 9. The number of nitrogens with zero attached hydrogens (tertiary/aromatic N) is 2. The molecule has 1 atom stereocenters. The largest absolute Gasteiger partial charge is 0.496 e. The minimum Gasteiger partial charge on any atom is -0.496 e. The first kappa shape index (κ1) is 27.4. The van der Waals surface area contributed by atoms with Gasteiger partial charge in [0.15, 0.2) is 0 Å². The van der Waals surface area contributed by atoms with Crippen LogP contribution in [0.1, 0.15) is 45.9 Å². The van der Waals surface area contributed by atoms with Crippen molar-refractivity contribution in [2.45, 2.75) is 44.8 Å². The summed E-state index contributed by atoms with van der Waals surface area (Å²) in [5.41, 5.74) is 4.82. The van der Waals surface area contributed by atoms with Gasteiger partial charge in [-0.05, 0) is 55.2 Å². The Morgan fingerprint density at radius 2 is 2.03 bits per heavy atom. The molecule has 3 N–H and O–H groups in total. The zero-order chi connectivity index (χ0) is 27.5. The molecule has 0 amide bonds. The average molecular weight is 543 g/mol. The van der Waals surface area contributed by atoms with Crippen LogP contribution in [0.5, 0.6) is 5.75 Å². The lowest BCUT2D eigenvalue weighted by atomic mass is 9.97. The molecule has 5 rings (SSSR count). The van der Waals surface area contributed by atoms with E-state index in [2.05, 4.69) is 15.2 Å². The SMILES string of the molecule is COc1cc(C)c2[nH]ccc2c1CN1CCN(CC(F)F)CC1c1ccc(C(=O)O)c(NC2CCOCC2)c1. The van der Waals surface area contributed by atoms with Crippen LogP contribution in [-0.2, 0) is 11.3 Å². The number of aromatic nitrogens is 1. The summed E-state index contributed by atoms with van der Waals surface area (Å²) in [5.74, 6) is -0.216. The summed E-state index contributed by atoms with van der Waals surface area (Å²) < 4.78 is 38.0. The third kappa shape index (κ3) is 6.03. The fourth-order valence-corrected chi connectivity index (χ4v) is 5.86. The monoisotopic (exact) mass is 542 g/mol. The highest BCUT2D eigenvalue weighted by molar-refractivity contribution is 5.94. The number of methoxy groups -OCH3 is 1. The van der Waals surface area contributed by atoms with Crippen LogP contribution in [-0.4, -0.2) is 84.8 Å². The molecule has 1 aromatic heterocycles. The van der Waals surface area contributed by atoms with Crippen molar-refractivity contribution in [3.8, 4) is 5.75 Å². The Balaban J connectivity index is 1.50. The van der Waals surface area contributed by atoms with Gasteiger partial charge in [-0.2, -0.15) is 0 Å². The summed E-state index contributed by atoms with van der Waals surface area (Å²) in [6.45, 7) is 5.09. The van der Waals surface area contributed by atoms with Crippen LogP contribution >= 0.6 is 0 Å². The number of carboxylic acids is 1. The van der Waals surface area contributed by atoms with E-state index in [1.807, 2.05) is 37.4 Å². The molecule has 8 nitrogen and oxygen atoms in total. The number of aryl methyl sites for hydroxylation is 1. The molecular formula is C29H36F2N4O4. The molecule has 1 unspecified atom stereocenters. The number of carboxylic acid groups (broad SMARTS) is 1. The molecule has 3 aromatic rings. The lowest BCUT2D eigenvalue weighted by Gasteiger charge is -2.42. The van der Waals surface area contributed by atoms with Gasteiger partial charge in [0, 0.05) is 79.8 Å². The standard InChI is InChI=1S/C29H36F2N4O4/c1-18-13-26(38-2)23(21-5-8-32-28(18)21)15-35-10-9-34(17-27(30)31)16-25(35)19-3-4-22(29(36)37)24(14-19)33-20-6-11-39-12-7-20/h3-5,8,13-14,20,25,27,32-33H,6-7,9-12,15-17H2,1-2H3,(H,36,37). The van der Waals surface area contributed by atoms with Crippen molar-refractivity contribution in [3.05, 3.63) is 58.8 Å². The van der Waals surface area contributed by atoms with Crippen LogP contribution in [0.15, 0.2) is 36.5 Å². The number of anilines is 1. The lowest BCUT2D eigenvalue weighted by Crippen LogP contribution is -2.49. The van der Waals surface area contributed by atoms with Gasteiger partial charge >= 0.3 is 5.97 Å². The number of aromatic carboxylic acids is 1. The van der Waals surface area contributed by atoms with Crippen LogP contribution in [0.4, 0.5) is 14.5 Å². The molecule has 0 bridgehead atoms. The van der Waals surface area contributed by atoms with E-state index in [0.717, 1.165) is 46.2 Å². The van der Waals surface area contributed by atoms with Crippen molar-refractivity contribution in [1.29, 1.82) is 0 Å². The van der Waals surface area contributed by atoms with Gasteiger partial charge < -0.3 is 24.9 Å². The number of H-pyrrole nitrogens is 1. The third-order valence-corrected chi connectivity index (χ3v) is 7.90. The van der Waals surface area contributed by atoms with Crippen molar-refractivity contribution in [3.63, 3.8) is 0 Å². The van der Waals surface area contributed by atoms with E-state index in [-0.39, 0.29) is 24.2 Å². The first-order valence-corrected chi connectivity index (χ1v) is 13.4. The second-order valence-electron chi connectivity index (χ2n) is 10.4. The smallest absolute Gasteiger partial charge is 0.337 e. The minimum atomic E-state index is -2.42. The second kappa shape index (κ2) is 11.9. The first-order valence-electron chi connectivity index (χ1n) is 13.4. The number of alkyl halides is 2. The van der Waals surface area contributed by atoms with Gasteiger partial charge in [-0.15, -0.1) is 0 Å².